The molecule has 1 amide bonds. The van der Waals surface area contributed by atoms with Crippen molar-refractivity contribution < 1.29 is 14.3 Å². The molecule has 0 fully saturated rings. The van der Waals surface area contributed by atoms with Gasteiger partial charge in [0.25, 0.3) is 5.91 Å². The van der Waals surface area contributed by atoms with E-state index in [9.17, 15) is 4.79 Å². The molecule has 1 heterocycles. The maximum atomic E-state index is 11.0. The number of hydrogen-bond acceptors (Lipinski definition) is 4. The van der Waals surface area contributed by atoms with Crippen LogP contribution in [0.3, 0.4) is 0 Å². The van der Waals surface area contributed by atoms with E-state index in [4.69, 9.17) is 9.47 Å². The van der Waals surface area contributed by atoms with E-state index < -0.39 is 0 Å². The second-order valence-corrected chi connectivity index (χ2v) is 3.44. The largest absolute Gasteiger partial charge is 0.493 e. The van der Waals surface area contributed by atoms with E-state index in [1.165, 1.54) is 0 Å². The molecule has 0 bridgehead atoms. The topological polar surface area (TPSA) is 60.2 Å². The maximum absolute atomic E-state index is 11.0. The average molecular weight is 220 g/mol. The third-order valence-electron chi connectivity index (χ3n) is 2.47. The van der Waals surface area contributed by atoms with Crippen LogP contribution >= 0.6 is 0 Å². The van der Waals surface area contributed by atoms with Gasteiger partial charge in [-0.3, -0.25) is 4.79 Å². The molecule has 0 N–H and O–H groups in total. The zero-order chi connectivity index (χ0) is 11.5. The molecule has 0 spiro atoms. The zero-order valence-electron chi connectivity index (χ0n) is 9.14. The fourth-order valence-electron chi connectivity index (χ4n) is 1.63. The summed E-state index contributed by atoms with van der Waals surface area (Å²) in [5, 5.41) is 7.40. The van der Waals surface area contributed by atoms with E-state index in [-0.39, 0.29) is 11.9 Å². The van der Waals surface area contributed by atoms with Crippen LogP contribution < -0.4 is 9.47 Å². The van der Waals surface area contributed by atoms with Gasteiger partial charge >= 0.3 is 0 Å². The predicted octanol–water partition coefficient (Wildman–Crippen LogP) is 2.13. The van der Waals surface area contributed by atoms with Crippen molar-refractivity contribution in [2.75, 3.05) is 14.2 Å². The lowest BCUT2D eigenvalue weighted by Crippen LogP contribution is -1.97. The second kappa shape index (κ2) is 4.30. The van der Waals surface area contributed by atoms with Gasteiger partial charge in [-0.1, -0.05) is 6.07 Å². The monoisotopic (exact) mass is 220 g/mol. The number of carbonyl (C=O) groups excluding carboxylic acids is 1. The molecule has 1 aromatic carbocycles. The lowest BCUT2D eigenvalue weighted by Gasteiger charge is -2.10. The molecule has 0 saturated carbocycles. The summed E-state index contributed by atoms with van der Waals surface area (Å²) in [6, 6.07) is 5.30. The highest BCUT2D eigenvalue weighted by Gasteiger charge is 2.22. The molecule has 0 aromatic heterocycles. The molecule has 16 heavy (non-hydrogen) atoms. The number of benzene rings is 1. The van der Waals surface area contributed by atoms with Gasteiger partial charge in [-0.05, 0) is 17.7 Å². The molecule has 0 radical (unpaired) electrons. The van der Waals surface area contributed by atoms with E-state index in [1.807, 2.05) is 12.1 Å². The molecule has 5 heteroatoms. The molecular weight excluding hydrogens is 208 g/mol. The van der Waals surface area contributed by atoms with Crippen molar-refractivity contribution >= 4 is 5.91 Å². The Kier molecular flexibility index (Phi) is 2.85. The molecule has 1 aliphatic rings. The summed E-state index contributed by atoms with van der Waals surface area (Å²) in [5.74, 6) is 1.11. The summed E-state index contributed by atoms with van der Waals surface area (Å²) >= 11 is 0. The summed E-state index contributed by atoms with van der Waals surface area (Å²) in [5.41, 5.74) is 0.909. The average Bonchev–Trinajstić information content (AvgIpc) is 2.75. The van der Waals surface area contributed by atoms with Gasteiger partial charge in [-0.15, -0.1) is 5.11 Å². The van der Waals surface area contributed by atoms with Crippen LogP contribution in [0.5, 0.6) is 11.5 Å². The SMILES string of the molecule is COc1ccc(C2CC(=O)N=N2)cc1OC. The van der Waals surface area contributed by atoms with Crippen LogP contribution in [0.2, 0.25) is 0 Å². The minimum absolute atomic E-state index is 0.181. The van der Waals surface area contributed by atoms with Gasteiger partial charge in [-0.2, -0.15) is 5.11 Å². The minimum atomic E-state index is -0.188. The van der Waals surface area contributed by atoms with Crippen LogP contribution in [-0.2, 0) is 4.79 Å². The Labute approximate surface area is 93.1 Å². The Hall–Kier alpha value is -1.91. The summed E-state index contributed by atoms with van der Waals surface area (Å²) < 4.78 is 10.3. The Morgan fingerprint density at radius 3 is 2.56 bits per heavy atom. The highest BCUT2D eigenvalue weighted by atomic mass is 16.5. The number of azo groups is 1. The summed E-state index contributed by atoms with van der Waals surface area (Å²) in [7, 11) is 3.15. The predicted molar refractivity (Wildman–Crippen MR) is 56.8 cm³/mol. The van der Waals surface area contributed by atoms with Crippen molar-refractivity contribution in [1.82, 2.24) is 0 Å². The number of carbonyl (C=O) groups is 1. The number of methoxy groups -OCH3 is 2. The number of nitrogens with zero attached hydrogens (tertiary/aromatic N) is 2. The molecule has 1 aliphatic heterocycles. The van der Waals surface area contributed by atoms with E-state index in [0.29, 0.717) is 17.9 Å². The third-order valence-corrected chi connectivity index (χ3v) is 2.47. The van der Waals surface area contributed by atoms with E-state index in [1.54, 1.807) is 20.3 Å². The molecule has 1 aromatic rings. The number of amides is 1. The van der Waals surface area contributed by atoms with Gasteiger partial charge in [0.2, 0.25) is 0 Å². The van der Waals surface area contributed by atoms with E-state index in [0.717, 1.165) is 5.56 Å². The fraction of sp³-hybridized carbons (Fsp3) is 0.364. The molecule has 5 nitrogen and oxygen atoms in total. The first-order chi connectivity index (χ1) is 7.74. The third kappa shape index (κ3) is 1.88. The summed E-state index contributed by atoms with van der Waals surface area (Å²) in [6.45, 7) is 0. The lowest BCUT2D eigenvalue weighted by molar-refractivity contribution is -0.117. The van der Waals surface area contributed by atoms with Crippen LogP contribution in [0.15, 0.2) is 28.4 Å². The number of rotatable bonds is 3. The molecular formula is C11H12N2O3. The molecule has 1 unspecified atom stereocenters. The van der Waals surface area contributed by atoms with Gasteiger partial charge in [0.15, 0.2) is 11.5 Å². The van der Waals surface area contributed by atoms with Crippen molar-refractivity contribution in [3.63, 3.8) is 0 Å². The molecule has 0 aliphatic carbocycles. The Morgan fingerprint density at radius 1 is 1.25 bits per heavy atom. The van der Waals surface area contributed by atoms with E-state index >= 15 is 0 Å². The van der Waals surface area contributed by atoms with Gasteiger partial charge in [0, 0.05) is 0 Å². The smallest absolute Gasteiger partial charge is 0.266 e. The molecule has 1 atom stereocenters. The van der Waals surface area contributed by atoms with Crippen LogP contribution in [-0.4, -0.2) is 20.1 Å². The van der Waals surface area contributed by atoms with E-state index in [2.05, 4.69) is 10.2 Å². The van der Waals surface area contributed by atoms with Gasteiger partial charge < -0.3 is 9.47 Å². The first kappa shape index (κ1) is 10.6. The van der Waals surface area contributed by atoms with Crippen molar-refractivity contribution in [2.45, 2.75) is 12.5 Å². The molecule has 2 rings (SSSR count). The lowest BCUT2D eigenvalue weighted by atomic mass is 10.0. The van der Waals surface area contributed by atoms with Gasteiger partial charge in [0.05, 0.1) is 20.6 Å². The second-order valence-electron chi connectivity index (χ2n) is 3.44. The fourth-order valence-corrected chi connectivity index (χ4v) is 1.63. The molecule has 84 valence electrons. The van der Waals surface area contributed by atoms with Crippen molar-refractivity contribution in [2.24, 2.45) is 10.2 Å². The van der Waals surface area contributed by atoms with Crippen molar-refractivity contribution in [1.29, 1.82) is 0 Å². The highest BCUT2D eigenvalue weighted by molar-refractivity contribution is 5.78. The van der Waals surface area contributed by atoms with Crippen LogP contribution in [0.4, 0.5) is 0 Å². The first-order valence-corrected chi connectivity index (χ1v) is 4.90. The van der Waals surface area contributed by atoms with Crippen LogP contribution in [0.1, 0.15) is 18.0 Å². The minimum Gasteiger partial charge on any atom is -0.493 e. The summed E-state index contributed by atoms with van der Waals surface area (Å²) in [6.07, 6.45) is 0.329. The Morgan fingerprint density at radius 2 is 2.00 bits per heavy atom. The maximum Gasteiger partial charge on any atom is 0.266 e. The van der Waals surface area contributed by atoms with Gasteiger partial charge in [0.1, 0.15) is 6.04 Å². The number of ether oxygens (including phenoxy) is 2. The van der Waals surface area contributed by atoms with Crippen LogP contribution in [0.25, 0.3) is 0 Å². The summed E-state index contributed by atoms with van der Waals surface area (Å²) in [4.78, 5) is 11.0. The standard InChI is InChI=1S/C11H12N2O3/c1-15-9-4-3-7(5-10(9)16-2)8-6-11(14)13-12-8/h3-5,8H,6H2,1-2H3. The normalized spacial score (nSPS) is 18.9. The van der Waals surface area contributed by atoms with Crippen molar-refractivity contribution in [3.05, 3.63) is 23.8 Å². The zero-order valence-corrected chi connectivity index (χ0v) is 9.14. The first-order valence-electron chi connectivity index (χ1n) is 4.90. The Balaban J connectivity index is 2.29. The number of hydrogen-bond donors (Lipinski definition) is 0. The highest BCUT2D eigenvalue weighted by Crippen LogP contribution is 2.34. The van der Waals surface area contributed by atoms with Crippen molar-refractivity contribution in [3.8, 4) is 11.5 Å². The quantitative estimate of drug-likeness (QED) is 0.783. The Bertz CT molecular complexity index is 443. The van der Waals surface area contributed by atoms with Gasteiger partial charge in [-0.25, -0.2) is 0 Å². The van der Waals surface area contributed by atoms with Crippen LogP contribution in [0, 0.1) is 0 Å². The molecule has 0 saturated heterocycles.